The van der Waals surface area contributed by atoms with E-state index in [4.69, 9.17) is 14.6 Å². The average molecular weight is 373 g/mol. The zero-order valence-electron chi connectivity index (χ0n) is 16.5. The zero-order chi connectivity index (χ0) is 19.0. The highest BCUT2D eigenvalue weighted by Crippen LogP contribution is 2.21. The summed E-state index contributed by atoms with van der Waals surface area (Å²) in [7, 11) is 0. The van der Waals surface area contributed by atoms with Gasteiger partial charge in [-0.15, -0.1) is 0 Å². The molecule has 0 aromatic heterocycles. The lowest BCUT2D eigenvalue weighted by atomic mass is 10.1. The van der Waals surface area contributed by atoms with Crippen LogP contribution in [0.15, 0.2) is 12.2 Å². The molecule has 1 fully saturated rings. The van der Waals surface area contributed by atoms with Crippen molar-refractivity contribution in [3.05, 3.63) is 12.2 Å². The molecule has 1 rings (SSSR count). The highest BCUT2D eigenvalue weighted by atomic mass is 16.6. The van der Waals surface area contributed by atoms with E-state index in [0.717, 1.165) is 19.3 Å². The van der Waals surface area contributed by atoms with Gasteiger partial charge in [-0.05, 0) is 25.7 Å². The Labute approximate surface area is 159 Å². The number of aliphatic hydroxyl groups is 3. The van der Waals surface area contributed by atoms with E-state index in [2.05, 4.69) is 19.1 Å². The number of hydrogen-bond acceptors (Lipinski definition) is 5. The minimum atomic E-state index is -1.01. The largest absolute Gasteiger partial charge is 0.394 e. The Kier molecular flexibility index (Phi) is 14.1. The molecule has 0 saturated carbocycles. The summed E-state index contributed by atoms with van der Waals surface area (Å²) >= 11 is 0. The molecule has 0 spiro atoms. The fraction of sp³-hybridized carbons (Fsp3) is 0.905. The molecule has 26 heavy (non-hydrogen) atoms. The Bertz CT molecular complexity index is 347. The van der Waals surface area contributed by atoms with Crippen molar-refractivity contribution in [3.8, 4) is 0 Å². The van der Waals surface area contributed by atoms with Crippen molar-refractivity contribution in [2.75, 3.05) is 19.8 Å². The minimum absolute atomic E-state index is 0.144. The molecule has 1 aliphatic heterocycles. The van der Waals surface area contributed by atoms with Gasteiger partial charge in [-0.2, -0.15) is 0 Å². The second-order valence-electron chi connectivity index (χ2n) is 7.33. The summed E-state index contributed by atoms with van der Waals surface area (Å²) in [6, 6.07) is 0. The van der Waals surface area contributed by atoms with Gasteiger partial charge in [0.2, 0.25) is 0 Å². The molecular formula is C21H40O5. The van der Waals surface area contributed by atoms with Crippen LogP contribution < -0.4 is 0 Å². The fourth-order valence-electron chi connectivity index (χ4n) is 3.31. The lowest BCUT2D eigenvalue weighted by Crippen LogP contribution is -2.42. The van der Waals surface area contributed by atoms with Crippen molar-refractivity contribution in [1.29, 1.82) is 0 Å². The highest BCUT2D eigenvalue weighted by Gasteiger charge is 2.40. The van der Waals surface area contributed by atoms with Crippen LogP contribution in [0.25, 0.3) is 0 Å². The Morgan fingerprint density at radius 1 is 1.00 bits per heavy atom. The lowest BCUT2D eigenvalue weighted by Gasteiger charge is -2.23. The highest BCUT2D eigenvalue weighted by molar-refractivity contribution is 4.89. The van der Waals surface area contributed by atoms with Crippen molar-refractivity contribution in [2.45, 2.75) is 102 Å². The van der Waals surface area contributed by atoms with Gasteiger partial charge in [0.15, 0.2) is 0 Å². The molecule has 0 aliphatic carbocycles. The second kappa shape index (κ2) is 15.6. The maximum atomic E-state index is 9.85. The second-order valence-corrected chi connectivity index (χ2v) is 7.33. The monoisotopic (exact) mass is 372 g/mol. The standard InChI is InChI=1S/C21H40O5/c1-2-3-4-5-6-7-8-9-10-11-12-13-14-15-25-21-19(24)17-26-20(21)18(23)16-22/h11-12,18-24H,2-10,13-17H2,1H3/b12-11+/t18-,19+,20+,21+/m1/s1. The Hall–Kier alpha value is -0.460. The number of ether oxygens (including phenoxy) is 2. The molecule has 4 atom stereocenters. The minimum Gasteiger partial charge on any atom is -0.394 e. The van der Waals surface area contributed by atoms with Gasteiger partial charge < -0.3 is 24.8 Å². The molecule has 1 saturated heterocycles. The van der Waals surface area contributed by atoms with E-state index < -0.39 is 31.0 Å². The first kappa shape index (κ1) is 23.6. The van der Waals surface area contributed by atoms with E-state index in [9.17, 15) is 10.2 Å². The molecule has 5 heteroatoms. The molecule has 154 valence electrons. The van der Waals surface area contributed by atoms with Gasteiger partial charge in [0.25, 0.3) is 0 Å². The van der Waals surface area contributed by atoms with E-state index in [1.807, 2.05) is 0 Å². The van der Waals surface area contributed by atoms with Crippen LogP contribution in [0.2, 0.25) is 0 Å². The van der Waals surface area contributed by atoms with Crippen LogP contribution in [0.4, 0.5) is 0 Å². The summed E-state index contributed by atoms with van der Waals surface area (Å²) in [5, 5.41) is 28.6. The summed E-state index contributed by atoms with van der Waals surface area (Å²) < 4.78 is 11.0. The normalized spacial score (nSPS) is 24.5. The number of unbranched alkanes of at least 4 members (excludes halogenated alkanes) is 9. The number of aliphatic hydroxyl groups excluding tert-OH is 3. The number of rotatable bonds is 16. The van der Waals surface area contributed by atoms with Crippen LogP contribution >= 0.6 is 0 Å². The van der Waals surface area contributed by atoms with Gasteiger partial charge in [-0.1, -0.05) is 64.0 Å². The Morgan fingerprint density at radius 3 is 2.27 bits per heavy atom. The molecule has 0 unspecified atom stereocenters. The summed E-state index contributed by atoms with van der Waals surface area (Å²) in [6.45, 7) is 2.52. The van der Waals surface area contributed by atoms with Crippen LogP contribution in [-0.4, -0.2) is 59.6 Å². The van der Waals surface area contributed by atoms with Gasteiger partial charge in [-0.25, -0.2) is 0 Å². The van der Waals surface area contributed by atoms with E-state index >= 15 is 0 Å². The molecule has 0 aromatic rings. The molecule has 1 heterocycles. The average Bonchev–Trinajstić information content (AvgIpc) is 3.02. The zero-order valence-corrected chi connectivity index (χ0v) is 16.5. The van der Waals surface area contributed by atoms with E-state index in [1.54, 1.807) is 0 Å². The molecule has 5 nitrogen and oxygen atoms in total. The predicted octanol–water partition coefficient (Wildman–Crippen LogP) is 3.35. The van der Waals surface area contributed by atoms with Crippen LogP contribution in [0, 0.1) is 0 Å². The van der Waals surface area contributed by atoms with Crippen LogP contribution in [0.3, 0.4) is 0 Å². The lowest BCUT2D eigenvalue weighted by molar-refractivity contribution is -0.0935. The van der Waals surface area contributed by atoms with E-state index in [0.29, 0.717) is 6.61 Å². The molecule has 0 aromatic carbocycles. The van der Waals surface area contributed by atoms with Crippen molar-refractivity contribution in [3.63, 3.8) is 0 Å². The summed E-state index contributed by atoms with van der Waals surface area (Å²) in [5.74, 6) is 0. The number of hydrogen-bond donors (Lipinski definition) is 3. The Morgan fingerprint density at radius 2 is 1.62 bits per heavy atom. The van der Waals surface area contributed by atoms with E-state index in [1.165, 1.54) is 51.4 Å². The fourth-order valence-corrected chi connectivity index (χ4v) is 3.31. The molecule has 0 bridgehead atoms. The first-order valence-electron chi connectivity index (χ1n) is 10.6. The first-order chi connectivity index (χ1) is 12.7. The predicted molar refractivity (Wildman–Crippen MR) is 104 cm³/mol. The maximum absolute atomic E-state index is 9.85. The van der Waals surface area contributed by atoms with Crippen molar-refractivity contribution < 1.29 is 24.8 Å². The van der Waals surface area contributed by atoms with Gasteiger partial charge in [0.05, 0.1) is 13.2 Å². The first-order valence-corrected chi connectivity index (χ1v) is 10.6. The SMILES string of the molecule is CCCCCCCCCC/C=C/CCCO[C@@H]1[C@H]([C@H](O)CO)OC[C@@H]1O. The van der Waals surface area contributed by atoms with Crippen molar-refractivity contribution in [2.24, 2.45) is 0 Å². The molecule has 0 amide bonds. The van der Waals surface area contributed by atoms with Crippen molar-refractivity contribution in [1.82, 2.24) is 0 Å². The van der Waals surface area contributed by atoms with Gasteiger partial charge in [0.1, 0.15) is 24.4 Å². The van der Waals surface area contributed by atoms with Crippen LogP contribution in [0.1, 0.15) is 77.6 Å². The van der Waals surface area contributed by atoms with Crippen LogP contribution in [-0.2, 0) is 9.47 Å². The number of allylic oxidation sites excluding steroid dienone is 2. The molecular weight excluding hydrogens is 332 g/mol. The summed E-state index contributed by atoms with van der Waals surface area (Å²) in [6.07, 6.45) is 15.3. The van der Waals surface area contributed by atoms with Gasteiger partial charge >= 0.3 is 0 Å². The van der Waals surface area contributed by atoms with Crippen molar-refractivity contribution >= 4 is 0 Å². The Balaban J connectivity index is 1.95. The molecule has 0 radical (unpaired) electrons. The summed E-state index contributed by atoms with van der Waals surface area (Å²) in [4.78, 5) is 0. The topological polar surface area (TPSA) is 79.2 Å². The van der Waals surface area contributed by atoms with Gasteiger partial charge in [0, 0.05) is 6.61 Å². The molecule has 1 aliphatic rings. The third-order valence-electron chi connectivity index (χ3n) is 4.95. The van der Waals surface area contributed by atoms with Crippen LogP contribution in [0.5, 0.6) is 0 Å². The maximum Gasteiger partial charge on any atom is 0.114 e. The smallest absolute Gasteiger partial charge is 0.114 e. The third kappa shape index (κ3) is 10.0. The quantitative estimate of drug-likeness (QED) is 0.286. The third-order valence-corrected chi connectivity index (χ3v) is 4.95. The molecule has 3 N–H and O–H groups in total. The summed E-state index contributed by atoms with van der Waals surface area (Å²) in [5.41, 5.74) is 0. The van der Waals surface area contributed by atoms with Gasteiger partial charge in [-0.3, -0.25) is 0 Å². The van der Waals surface area contributed by atoms with E-state index in [-0.39, 0.29) is 6.61 Å².